The molecule has 1 unspecified atom stereocenters. The molecular weight excluding hydrogens is 274 g/mol. The van der Waals surface area contributed by atoms with Gasteiger partial charge in [0.25, 0.3) is 0 Å². The van der Waals surface area contributed by atoms with Gasteiger partial charge in [0.15, 0.2) is 0 Å². The summed E-state index contributed by atoms with van der Waals surface area (Å²) in [6.45, 7) is 2.31. The van der Waals surface area contributed by atoms with Crippen LogP contribution in [0.3, 0.4) is 0 Å². The van der Waals surface area contributed by atoms with E-state index in [2.05, 4.69) is 36.2 Å². The fourth-order valence-electron chi connectivity index (χ4n) is 3.64. The minimum absolute atomic E-state index is 0.125. The van der Waals surface area contributed by atoms with Crippen molar-refractivity contribution in [2.45, 2.75) is 44.4 Å². The van der Waals surface area contributed by atoms with Gasteiger partial charge < -0.3 is 5.11 Å². The van der Waals surface area contributed by atoms with Gasteiger partial charge in [-0.15, -0.1) is 0 Å². The molecule has 1 N–H and O–H groups in total. The van der Waals surface area contributed by atoms with Crippen molar-refractivity contribution in [1.29, 1.82) is 0 Å². The Kier molecular flexibility index (Phi) is 3.97. The van der Waals surface area contributed by atoms with Gasteiger partial charge in [0, 0.05) is 12.4 Å². The highest BCUT2D eigenvalue weighted by atomic mass is 16.4. The van der Waals surface area contributed by atoms with Gasteiger partial charge in [-0.1, -0.05) is 31.2 Å². The first kappa shape index (κ1) is 14.8. The predicted molar refractivity (Wildman–Crippen MR) is 86.2 cm³/mol. The lowest BCUT2D eigenvalue weighted by Gasteiger charge is -2.36. The topological polar surface area (TPSA) is 50.2 Å². The van der Waals surface area contributed by atoms with Crippen LogP contribution in [0.15, 0.2) is 42.7 Å². The second kappa shape index (κ2) is 5.91. The summed E-state index contributed by atoms with van der Waals surface area (Å²) in [4.78, 5) is 15.4. The van der Waals surface area contributed by atoms with Gasteiger partial charge in [-0.2, -0.15) is 0 Å². The molecule has 1 aliphatic carbocycles. The van der Waals surface area contributed by atoms with E-state index in [1.54, 1.807) is 18.5 Å². The van der Waals surface area contributed by atoms with Crippen molar-refractivity contribution in [2.75, 3.05) is 0 Å². The maximum absolute atomic E-state index is 11.3. The Hall–Kier alpha value is -2.16. The highest BCUT2D eigenvalue weighted by Gasteiger charge is 2.31. The van der Waals surface area contributed by atoms with Crippen LogP contribution < -0.4 is 0 Å². The summed E-state index contributed by atoms with van der Waals surface area (Å²) in [5.41, 5.74) is 4.21. The van der Waals surface area contributed by atoms with Crippen LogP contribution >= 0.6 is 0 Å². The zero-order valence-electron chi connectivity index (χ0n) is 12.9. The van der Waals surface area contributed by atoms with Crippen LogP contribution in [0.2, 0.25) is 0 Å². The van der Waals surface area contributed by atoms with E-state index in [0.717, 1.165) is 31.2 Å². The Labute approximate surface area is 131 Å². The third kappa shape index (κ3) is 2.76. The molecule has 0 fully saturated rings. The summed E-state index contributed by atoms with van der Waals surface area (Å²) in [5, 5.41) is 9.30. The molecule has 114 valence electrons. The molecule has 0 saturated carbocycles. The molecule has 2 aromatic rings. The van der Waals surface area contributed by atoms with E-state index in [4.69, 9.17) is 0 Å². The number of aryl methyl sites for hydroxylation is 2. The van der Waals surface area contributed by atoms with Crippen LogP contribution in [0.5, 0.6) is 0 Å². The van der Waals surface area contributed by atoms with Gasteiger partial charge in [-0.25, -0.2) is 4.79 Å². The number of hydrogen-bond acceptors (Lipinski definition) is 2. The normalized spacial score (nSPS) is 20.4. The third-order valence-electron chi connectivity index (χ3n) is 4.92. The summed E-state index contributed by atoms with van der Waals surface area (Å²) >= 11 is 0. The number of carbonyl (C=O) groups is 1. The monoisotopic (exact) mass is 295 g/mol. The Morgan fingerprint density at radius 2 is 2.14 bits per heavy atom. The number of benzene rings is 1. The average molecular weight is 295 g/mol. The summed E-state index contributed by atoms with van der Waals surface area (Å²) in [7, 11) is 0. The highest BCUT2D eigenvalue weighted by molar-refractivity contribution is 5.89. The van der Waals surface area contributed by atoms with Crippen LogP contribution in [0.1, 0.15) is 53.2 Å². The molecule has 0 amide bonds. The van der Waals surface area contributed by atoms with E-state index in [0.29, 0.717) is 5.56 Å². The van der Waals surface area contributed by atoms with E-state index in [1.165, 1.54) is 17.5 Å². The molecule has 0 aliphatic heterocycles. The molecule has 0 bridgehead atoms. The standard InChI is InChI=1S/C19H21NO2/c1-19(10-4-6-14-5-2-3-7-17(14)19)11-8-15-13-20-12-9-16(15)18(21)22/h2-3,5,7,9,12-13H,4,6,8,10-11H2,1H3,(H,21,22). The first-order valence-electron chi connectivity index (χ1n) is 7.85. The summed E-state index contributed by atoms with van der Waals surface area (Å²) in [6, 6.07) is 10.3. The lowest BCUT2D eigenvalue weighted by molar-refractivity contribution is 0.0695. The molecule has 22 heavy (non-hydrogen) atoms. The SMILES string of the molecule is CC1(CCc2cnccc2C(=O)O)CCCc2ccccc21. The summed E-state index contributed by atoms with van der Waals surface area (Å²) in [6.07, 6.45) is 8.46. The lowest BCUT2D eigenvalue weighted by Crippen LogP contribution is -2.28. The second-order valence-electron chi connectivity index (χ2n) is 6.41. The van der Waals surface area contributed by atoms with Gasteiger partial charge in [0.2, 0.25) is 0 Å². The van der Waals surface area contributed by atoms with Crippen molar-refractivity contribution in [3.63, 3.8) is 0 Å². The molecule has 1 atom stereocenters. The number of pyridine rings is 1. The Morgan fingerprint density at radius 3 is 2.95 bits per heavy atom. The van der Waals surface area contributed by atoms with E-state index in [1.807, 2.05) is 0 Å². The molecule has 0 radical (unpaired) electrons. The molecule has 1 aromatic carbocycles. The van der Waals surface area contributed by atoms with Gasteiger partial charge in [-0.05, 0) is 60.3 Å². The first-order chi connectivity index (χ1) is 10.6. The Morgan fingerprint density at radius 1 is 1.32 bits per heavy atom. The van der Waals surface area contributed by atoms with Gasteiger partial charge in [0.1, 0.15) is 0 Å². The molecule has 1 aliphatic rings. The van der Waals surface area contributed by atoms with Crippen LogP contribution in [0.4, 0.5) is 0 Å². The zero-order valence-corrected chi connectivity index (χ0v) is 12.9. The van der Waals surface area contributed by atoms with Gasteiger partial charge >= 0.3 is 5.97 Å². The Balaban J connectivity index is 1.84. The maximum Gasteiger partial charge on any atom is 0.336 e. The molecule has 3 rings (SSSR count). The minimum atomic E-state index is -0.869. The minimum Gasteiger partial charge on any atom is -0.478 e. The number of hydrogen-bond donors (Lipinski definition) is 1. The van der Waals surface area contributed by atoms with Crippen LogP contribution in [-0.4, -0.2) is 16.1 Å². The van der Waals surface area contributed by atoms with Crippen LogP contribution in [0.25, 0.3) is 0 Å². The Bertz CT molecular complexity index is 695. The van der Waals surface area contributed by atoms with E-state index in [-0.39, 0.29) is 5.41 Å². The summed E-state index contributed by atoms with van der Waals surface area (Å²) in [5.74, 6) is -0.869. The van der Waals surface area contributed by atoms with Crippen molar-refractivity contribution in [3.8, 4) is 0 Å². The molecule has 3 nitrogen and oxygen atoms in total. The van der Waals surface area contributed by atoms with Gasteiger partial charge in [-0.3, -0.25) is 4.98 Å². The van der Waals surface area contributed by atoms with Crippen LogP contribution in [0, 0.1) is 0 Å². The van der Waals surface area contributed by atoms with Crippen molar-refractivity contribution in [1.82, 2.24) is 4.98 Å². The molecule has 0 spiro atoms. The second-order valence-corrected chi connectivity index (χ2v) is 6.41. The number of fused-ring (bicyclic) bond motifs is 1. The number of carboxylic acids is 1. The molecule has 1 heterocycles. The number of rotatable bonds is 4. The van der Waals surface area contributed by atoms with Crippen molar-refractivity contribution in [2.24, 2.45) is 0 Å². The first-order valence-corrected chi connectivity index (χ1v) is 7.85. The van der Waals surface area contributed by atoms with Crippen molar-refractivity contribution >= 4 is 5.97 Å². The maximum atomic E-state index is 11.3. The quantitative estimate of drug-likeness (QED) is 0.927. The van der Waals surface area contributed by atoms with E-state index >= 15 is 0 Å². The molecule has 3 heteroatoms. The van der Waals surface area contributed by atoms with Crippen molar-refractivity contribution in [3.05, 3.63) is 65.0 Å². The smallest absolute Gasteiger partial charge is 0.336 e. The average Bonchev–Trinajstić information content (AvgIpc) is 2.54. The fourth-order valence-corrected chi connectivity index (χ4v) is 3.64. The van der Waals surface area contributed by atoms with Crippen LogP contribution in [-0.2, 0) is 18.3 Å². The molecule has 1 aromatic heterocycles. The number of carboxylic acid groups (broad SMARTS) is 1. The molecular formula is C19H21NO2. The predicted octanol–water partition coefficient (Wildman–Crippen LogP) is 4.01. The number of aromatic nitrogens is 1. The lowest BCUT2D eigenvalue weighted by atomic mass is 9.68. The number of aromatic carboxylic acids is 1. The van der Waals surface area contributed by atoms with Crippen molar-refractivity contribution < 1.29 is 9.90 Å². The number of nitrogens with zero attached hydrogens (tertiary/aromatic N) is 1. The van der Waals surface area contributed by atoms with E-state index in [9.17, 15) is 9.90 Å². The largest absolute Gasteiger partial charge is 0.478 e. The highest BCUT2D eigenvalue weighted by Crippen LogP contribution is 2.40. The zero-order chi connectivity index (χ0) is 15.6. The van der Waals surface area contributed by atoms with E-state index < -0.39 is 5.97 Å². The molecule has 0 saturated heterocycles. The third-order valence-corrected chi connectivity index (χ3v) is 4.92. The summed E-state index contributed by atoms with van der Waals surface area (Å²) < 4.78 is 0. The van der Waals surface area contributed by atoms with Gasteiger partial charge in [0.05, 0.1) is 5.56 Å². The fraction of sp³-hybridized carbons (Fsp3) is 0.368.